The number of halogens is 1. The summed E-state index contributed by atoms with van der Waals surface area (Å²) in [5.74, 6) is 1.02. The number of rotatable bonds is 8. The van der Waals surface area contributed by atoms with Gasteiger partial charge in [0.25, 0.3) is 0 Å². The lowest BCUT2D eigenvalue weighted by Gasteiger charge is -2.00. The van der Waals surface area contributed by atoms with Crippen molar-refractivity contribution in [3.63, 3.8) is 0 Å². The van der Waals surface area contributed by atoms with Crippen LogP contribution in [0.4, 0.5) is 0 Å². The summed E-state index contributed by atoms with van der Waals surface area (Å²) in [6.07, 6.45) is 9.30. The summed E-state index contributed by atoms with van der Waals surface area (Å²) in [5.41, 5.74) is 5.22. The highest BCUT2D eigenvalue weighted by atomic mass is 79.9. The molecule has 2 nitrogen and oxygen atoms in total. The van der Waals surface area contributed by atoms with Crippen LogP contribution in [0.15, 0.2) is 0 Å². The second-order valence-electron chi connectivity index (χ2n) is 3.33. The second kappa shape index (κ2) is 13.3. The van der Waals surface area contributed by atoms with Crippen molar-refractivity contribution in [2.24, 2.45) is 5.73 Å². The zero-order valence-electron chi connectivity index (χ0n) is 9.05. The van der Waals surface area contributed by atoms with Crippen LogP contribution in [0.25, 0.3) is 0 Å². The summed E-state index contributed by atoms with van der Waals surface area (Å²) in [5, 5.41) is 7.26. The summed E-state index contributed by atoms with van der Waals surface area (Å²) in [7, 11) is 0. The molecule has 0 aliphatic rings. The highest BCUT2D eigenvalue weighted by molar-refractivity contribution is 8.93. The van der Waals surface area contributed by atoms with Crippen molar-refractivity contribution in [3.8, 4) is 0 Å². The summed E-state index contributed by atoms with van der Waals surface area (Å²) >= 11 is 1.46. The third-order valence-electron chi connectivity index (χ3n) is 2.01. The Labute approximate surface area is 103 Å². The van der Waals surface area contributed by atoms with Gasteiger partial charge in [0.05, 0.1) is 0 Å². The molecule has 0 bridgehead atoms. The van der Waals surface area contributed by atoms with E-state index in [9.17, 15) is 0 Å². The van der Waals surface area contributed by atoms with Gasteiger partial charge in [-0.3, -0.25) is 5.41 Å². The first-order valence-electron chi connectivity index (χ1n) is 5.24. The van der Waals surface area contributed by atoms with Crippen molar-refractivity contribution in [2.75, 3.05) is 5.75 Å². The van der Waals surface area contributed by atoms with Crippen LogP contribution in [0, 0.1) is 5.41 Å². The molecule has 0 radical (unpaired) electrons. The van der Waals surface area contributed by atoms with E-state index >= 15 is 0 Å². The maximum Gasteiger partial charge on any atom is 0.151 e. The molecule has 0 fully saturated rings. The van der Waals surface area contributed by atoms with Gasteiger partial charge in [-0.1, -0.05) is 57.2 Å². The van der Waals surface area contributed by atoms with Crippen LogP contribution in [0.5, 0.6) is 0 Å². The second-order valence-corrected chi connectivity index (χ2v) is 4.47. The molecule has 0 aliphatic heterocycles. The van der Waals surface area contributed by atoms with E-state index in [1.165, 1.54) is 56.7 Å². The maximum absolute atomic E-state index is 7.01. The van der Waals surface area contributed by atoms with E-state index in [0.717, 1.165) is 5.75 Å². The number of thioether (sulfide) groups is 1. The molecule has 0 aromatic rings. The molecule has 0 amide bonds. The van der Waals surface area contributed by atoms with E-state index < -0.39 is 0 Å². The lowest BCUT2D eigenvalue weighted by molar-refractivity contribution is 0.604. The molecule has 86 valence electrons. The van der Waals surface area contributed by atoms with E-state index in [-0.39, 0.29) is 22.1 Å². The van der Waals surface area contributed by atoms with Gasteiger partial charge < -0.3 is 5.73 Å². The molecule has 0 unspecified atom stereocenters. The van der Waals surface area contributed by atoms with Gasteiger partial charge in [0.15, 0.2) is 5.17 Å². The van der Waals surface area contributed by atoms with E-state index in [0.29, 0.717) is 0 Å². The van der Waals surface area contributed by atoms with Crippen LogP contribution >= 0.6 is 28.7 Å². The zero-order valence-corrected chi connectivity index (χ0v) is 11.6. The molecular formula is C10H23BrN2S. The maximum atomic E-state index is 7.01. The summed E-state index contributed by atoms with van der Waals surface area (Å²) in [4.78, 5) is 0. The van der Waals surface area contributed by atoms with Crippen LogP contribution in [0.2, 0.25) is 0 Å². The number of unbranched alkanes of at least 4 members (excludes halogenated alkanes) is 6. The van der Waals surface area contributed by atoms with Crippen LogP contribution in [0.3, 0.4) is 0 Å². The topological polar surface area (TPSA) is 49.9 Å². The van der Waals surface area contributed by atoms with Crippen molar-refractivity contribution in [3.05, 3.63) is 0 Å². The quantitative estimate of drug-likeness (QED) is 0.402. The van der Waals surface area contributed by atoms with E-state index in [1.54, 1.807) is 0 Å². The number of hydrogen-bond donors (Lipinski definition) is 2. The minimum atomic E-state index is 0. The molecule has 0 atom stereocenters. The molecule has 0 heterocycles. The summed E-state index contributed by atoms with van der Waals surface area (Å²) in [6.45, 7) is 2.24. The van der Waals surface area contributed by atoms with Gasteiger partial charge in [-0.15, -0.1) is 17.0 Å². The molecule has 0 aliphatic carbocycles. The smallest absolute Gasteiger partial charge is 0.151 e. The number of nitrogens with one attached hydrogen (secondary N) is 1. The normalized spacial score (nSPS) is 9.50. The molecular weight excluding hydrogens is 260 g/mol. The van der Waals surface area contributed by atoms with Crippen LogP contribution in [0.1, 0.15) is 51.9 Å². The van der Waals surface area contributed by atoms with Crippen LogP contribution < -0.4 is 5.73 Å². The van der Waals surface area contributed by atoms with Crippen LogP contribution in [-0.2, 0) is 0 Å². The van der Waals surface area contributed by atoms with Crippen molar-refractivity contribution >= 4 is 33.9 Å². The molecule has 3 N–H and O–H groups in total. The standard InChI is InChI=1S/C10H22N2S.BrH/c1-2-3-4-5-6-7-8-9-13-10(11)12;/h2-9H2,1H3,(H3,11,12);1H. The largest absolute Gasteiger partial charge is 0.379 e. The number of hydrogen-bond acceptors (Lipinski definition) is 2. The molecule has 0 rings (SSSR count). The molecule has 4 heteroatoms. The van der Waals surface area contributed by atoms with Crippen molar-refractivity contribution in [2.45, 2.75) is 51.9 Å². The van der Waals surface area contributed by atoms with Crippen molar-refractivity contribution in [1.29, 1.82) is 5.41 Å². The third-order valence-corrected chi connectivity index (χ3v) is 2.81. The lowest BCUT2D eigenvalue weighted by Crippen LogP contribution is -2.04. The highest BCUT2D eigenvalue weighted by Crippen LogP contribution is 2.09. The third kappa shape index (κ3) is 14.8. The predicted octanol–water partition coefficient (Wildman–Crippen LogP) is 3.94. The van der Waals surface area contributed by atoms with E-state index in [2.05, 4.69) is 6.92 Å². The fraction of sp³-hybridized carbons (Fsp3) is 0.900. The fourth-order valence-corrected chi connectivity index (χ4v) is 1.81. The van der Waals surface area contributed by atoms with Gasteiger partial charge in [-0.2, -0.15) is 0 Å². The fourth-order valence-electron chi connectivity index (χ4n) is 1.24. The zero-order chi connectivity index (χ0) is 9.94. The Morgan fingerprint density at radius 2 is 1.57 bits per heavy atom. The Bertz CT molecular complexity index is 131. The first-order valence-corrected chi connectivity index (χ1v) is 6.22. The van der Waals surface area contributed by atoms with E-state index in [4.69, 9.17) is 11.1 Å². The predicted molar refractivity (Wildman–Crippen MR) is 72.7 cm³/mol. The molecule has 0 aromatic heterocycles. The van der Waals surface area contributed by atoms with Gasteiger partial charge in [-0.05, 0) is 6.42 Å². The molecule has 0 saturated carbocycles. The number of nitrogens with two attached hydrogens (primary N) is 1. The van der Waals surface area contributed by atoms with Gasteiger partial charge in [-0.25, -0.2) is 0 Å². The first-order chi connectivity index (χ1) is 6.27. The average molecular weight is 283 g/mol. The van der Waals surface area contributed by atoms with Crippen molar-refractivity contribution in [1.82, 2.24) is 0 Å². The molecule has 0 aromatic carbocycles. The lowest BCUT2D eigenvalue weighted by atomic mass is 10.1. The molecule has 0 saturated heterocycles. The first kappa shape index (κ1) is 16.7. The van der Waals surface area contributed by atoms with Crippen LogP contribution in [-0.4, -0.2) is 10.9 Å². The molecule has 0 spiro atoms. The van der Waals surface area contributed by atoms with Gasteiger partial charge in [0.2, 0.25) is 0 Å². The Hall–Kier alpha value is 0.300. The summed E-state index contributed by atoms with van der Waals surface area (Å²) < 4.78 is 0. The Morgan fingerprint density at radius 3 is 2.07 bits per heavy atom. The van der Waals surface area contributed by atoms with E-state index in [1.807, 2.05) is 0 Å². The molecule has 14 heavy (non-hydrogen) atoms. The Balaban J connectivity index is 0. The minimum Gasteiger partial charge on any atom is -0.379 e. The Kier molecular flexibility index (Phi) is 15.9. The summed E-state index contributed by atoms with van der Waals surface area (Å²) in [6, 6.07) is 0. The SMILES string of the molecule is Br.CCCCCCCCCSC(=N)N. The van der Waals surface area contributed by atoms with Gasteiger partial charge >= 0.3 is 0 Å². The monoisotopic (exact) mass is 282 g/mol. The Morgan fingerprint density at radius 1 is 1.07 bits per heavy atom. The van der Waals surface area contributed by atoms with Gasteiger partial charge in [0.1, 0.15) is 0 Å². The van der Waals surface area contributed by atoms with Crippen molar-refractivity contribution < 1.29 is 0 Å². The average Bonchev–Trinajstić information content (AvgIpc) is 2.09. The van der Waals surface area contributed by atoms with Gasteiger partial charge in [0, 0.05) is 5.75 Å². The highest BCUT2D eigenvalue weighted by Gasteiger charge is 1.92. The number of amidine groups is 1. The minimum absolute atomic E-state index is 0.